The van der Waals surface area contributed by atoms with Gasteiger partial charge in [-0.3, -0.25) is 4.79 Å². The molecule has 0 fully saturated rings. The maximum atomic E-state index is 13.1. The van der Waals surface area contributed by atoms with Crippen molar-refractivity contribution in [3.8, 4) is 5.75 Å². The summed E-state index contributed by atoms with van der Waals surface area (Å²) >= 11 is 5.68. The third-order valence-electron chi connectivity index (χ3n) is 2.75. The van der Waals surface area contributed by atoms with E-state index in [-0.39, 0.29) is 10.9 Å². The number of ether oxygens (including phenoxy) is 1. The summed E-state index contributed by atoms with van der Waals surface area (Å²) in [5, 5.41) is 2.63. The molecule has 0 spiro atoms. The summed E-state index contributed by atoms with van der Waals surface area (Å²) in [4.78, 5) is 12.1. The number of halogens is 2. The molecule has 0 radical (unpaired) electrons. The highest BCUT2D eigenvalue weighted by Gasteiger charge is 2.08. The maximum Gasteiger partial charge on any atom is 0.255 e. The number of rotatable bonds is 5. The van der Waals surface area contributed by atoms with E-state index < -0.39 is 5.82 Å². The van der Waals surface area contributed by atoms with E-state index in [0.717, 1.165) is 6.42 Å². The summed E-state index contributed by atoms with van der Waals surface area (Å²) in [7, 11) is 0. The van der Waals surface area contributed by atoms with Crippen molar-refractivity contribution in [2.45, 2.75) is 13.3 Å². The van der Waals surface area contributed by atoms with E-state index >= 15 is 0 Å². The summed E-state index contributed by atoms with van der Waals surface area (Å²) in [6.07, 6.45) is 0.893. The monoisotopic (exact) mass is 307 g/mol. The van der Waals surface area contributed by atoms with E-state index in [1.165, 1.54) is 18.2 Å². The predicted molar refractivity (Wildman–Crippen MR) is 81.6 cm³/mol. The van der Waals surface area contributed by atoms with E-state index in [1.54, 1.807) is 24.3 Å². The van der Waals surface area contributed by atoms with Crippen molar-refractivity contribution in [2.24, 2.45) is 0 Å². The van der Waals surface area contributed by atoms with Gasteiger partial charge in [0.15, 0.2) is 0 Å². The Labute approximate surface area is 127 Å². The fourth-order valence-electron chi connectivity index (χ4n) is 1.72. The Kier molecular flexibility index (Phi) is 5.17. The molecule has 2 aromatic rings. The summed E-state index contributed by atoms with van der Waals surface area (Å²) < 4.78 is 18.5. The molecule has 0 aliphatic carbocycles. The molecule has 1 amide bonds. The average molecular weight is 308 g/mol. The van der Waals surface area contributed by atoms with Crippen LogP contribution in [0.1, 0.15) is 23.7 Å². The molecule has 3 nitrogen and oxygen atoms in total. The molecule has 0 unspecified atom stereocenters. The van der Waals surface area contributed by atoms with Crippen molar-refractivity contribution in [1.29, 1.82) is 0 Å². The quantitative estimate of drug-likeness (QED) is 0.882. The molecule has 2 rings (SSSR count). The second kappa shape index (κ2) is 7.09. The SMILES string of the molecule is CCCOc1cccc(C(=O)Nc2ccc(F)c(Cl)c2)c1. The number of anilines is 1. The molecule has 110 valence electrons. The first kappa shape index (κ1) is 15.3. The Hall–Kier alpha value is -2.07. The predicted octanol–water partition coefficient (Wildman–Crippen LogP) is 4.52. The van der Waals surface area contributed by atoms with Gasteiger partial charge >= 0.3 is 0 Å². The zero-order valence-electron chi connectivity index (χ0n) is 11.5. The molecule has 1 N–H and O–H groups in total. The van der Waals surface area contributed by atoms with Crippen molar-refractivity contribution in [2.75, 3.05) is 11.9 Å². The first-order valence-corrected chi connectivity index (χ1v) is 6.97. The van der Waals surface area contributed by atoms with Crippen molar-refractivity contribution in [3.63, 3.8) is 0 Å². The molecular formula is C16H15ClFNO2. The summed E-state index contributed by atoms with van der Waals surface area (Å²) in [5.41, 5.74) is 0.898. The Morgan fingerprint density at radius 3 is 2.81 bits per heavy atom. The van der Waals surface area contributed by atoms with Gasteiger partial charge in [-0.1, -0.05) is 24.6 Å². The number of hydrogen-bond acceptors (Lipinski definition) is 2. The number of benzene rings is 2. The van der Waals surface area contributed by atoms with Crippen molar-refractivity contribution in [1.82, 2.24) is 0 Å². The largest absolute Gasteiger partial charge is 0.494 e. The van der Waals surface area contributed by atoms with Crippen LogP contribution in [0.25, 0.3) is 0 Å². The van der Waals surface area contributed by atoms with Gasteiger partial charge < -0.3 is 10.1 Å². The average Bonchev–Trinajstić information content (AvgIpc) is 2.49. The number of nitrogens with one attached hydrogen (secondary N) is 1. The fourth-order valence-corrected chi connectivity index (χ4v) is 1.90. The van der Waals surface area contributed by atoms with Gasteiger partial charge in [0.05, 0.1) is 11.6 Å². The second-order valence-electron chi connectivity index (χ2n) is 4.46. The summed E-state index contributed by atoms with van der Waals surface area (Å²) in [5.74, 6) is -0.189. The van der Waals surface area contributed by atoms with E-state index in [9.17, 15) is 9.18 Å². The van der Waals surface area contributed by atoms with E-state index in [4.69, 9.17) is 16.3 Å². The van der Waals surface area contributed by atoms with Gasteiger partial charge in [0.1, 0.15) is 11.6 Å². The minimum Gasteiger partial charge on any atom is -0.494 e. The highest BCUT2D eigenvalue weighted by Crippen LogP contribution is 2.20. The first-order chi connectivity index (χ1) is 10.1. The van der Waals surface area contributed by atoms with Crippen LogP contribution < -0.4 is 10.1 Å². The molecule has 0 bridgehead atoms. The molecule has 0 atom stereocenters. The lowest BCUT2D eigenvalue weighted by Gasteiger charge is -2.08. The first-order valence-electron chi connectivity index (χ1n) is 6.59. The van der Waals surface area contributed by atoms with E-state index in [1.807, 2.05) is 6.92 Å². The Bertz CT molecular complexity index is 646. The van der Waals surface area contributed by atoms with Gasteiger partial charge in [-0.05, 0) is 42.8 Å². The Balaban J connectivity index is 2.10. The normalized spacial score (nSPS) is 10.2. The second-order valence-corrected chi connectivity index (χ2v) is 4.87. The van der Waals surface area contributed by atoms with Crippen LogP contribution in [0, 0.1) is 5.82 Å². The smallest absolute Gasteiger partial charge is 0.255 e. The molecule has 0 aromatic heterocycles. The van der Waals surface area contributed by atoms with Crippen LogP contribution in [0.3, 0.4) is 0 Å². The number of amides is 1. The molecular weight excluding hydrogens is 293 g/mol. The van der Waals surface area contributed by atoms with E-state index in [2.05, 4.69) is 5.32 Å². The van der Waals surface area contributed by atoms with Gasteiger partial charge in [-0.15, -0.1) is 0 Å². The van der Waals surface area contributed by atoms with Gasteiger partial charge in [0.2, 0.25) is 0 Å². The van der Waals surface area contributed by atoms with Gasteiger partial charge in [0.25, 0.3) is 5.91 Å². The molecule has 0 heterocycles. The van der Waals surface area contributed by atoms with Crippen LogP contribution in [0.15, 0.2) is 42.5 Å². The Morgan fingerprint density at radius 1 is 1.29 bits per heavy atom. The van der Waals surface area contributed by atoms with Crippen molar-refractivity contribution in [3.05, 3.63) is 58.9 Å². The number of hydrogen-bond donors (Lipinski definition) is 1. The number of carbonyl (C=O) groups is 1. The van der Waals surface area contributed by atoms with Crippen LogP contribution in [0.5, 0.6) is 5.75 Å². The van der Waals surface area contributed by atoms with Gasteiger partial charge in [0, 0.05) is 11.3 Å². The molecule has 21 heavy (non-hydrogen) atoms. The number of carbonyl (C=O) groups excluding carboxylic acids is 1. The minimum absolute atomic E-state index is 0.0344. The van der Waals surface area contributed by atoms with Crippen molar-refractivity contribution < 1.29 is 13.9 Å². The molecule has 0 saturated carbocycles. The maximum absolute atomic E-state index is 13.1. The lowest BCUT2D eigenvalue weighted by Crippen LogP contribution is -2.12. The third kappa shape index (κ3) is 4.20. The van der Waals surface area contributed by atoms with Crippen LogP contribution in [0.2, 0.25) is 5.02 Å². The van der Waals surface area contributed by atoms with Crippen LogP contribution >= 0.6 is 11.6 Å². The molecule has 0 aliphatic heterocycles. The summed E-state index contributed by atoms with van der Waals surface area (Å²) in [6, 6.07) is 10.9. The summed E-state index contributed by atoms with van der Waals surface area (Å²) in [6.45, 7) is 2.60. The Morgan fingerprint density at radius 2 is 2.10 bits per heavy atom. The zero-order chi connectivity index (χ0) is 15.2. The highest BCUT2D eigenvalue weighted by molar-refractivity contribution is 6.31. The fraction of sp³-hybridized carbons (Fsp3) is 0.188. The molecule has 0 saturated heterocycles. The zero-order valence-corrected chi connectivity index (χ0v) is 12.3. The van der Waals surface area contributed by atoms with Crippen LogP contribution in [0.4, 0.5) is 10.1 Å². The lowest BCUT2D eigenvalue weighted by molar-refractivity contribution is 0.102. The lowest BCUT2D eigenvalue weighted by atomic mass is 10.2. The highest BCUT2D eigenvalue weighted by atomic mass is 35.5. The third-order valence-corrected chi connectivity index (χ3v) is 3.04. The minimum atomic E-state index is -0.523. The topological polar surface area (TPSA) is 38.3 Å². The van der Waals surface area contributed by atoms with Crippen LogP contribution in [-0.2, 0) is 0 Å². The van der Waals surface area contributed by atoms with E-state index in [0.29, 0.717) is 23.6 Å². The molecule has 2 aromatic carbocycles. The van der Waals surface area contributed by atoms with Crippen LogP contribution in [-0.4, -0.2) is 12.5 Å². The van der Waals surface area contributed by atoms with Gasteiger partial charge in [-0.25, -0.2) is 4.39 Å². The molecule has 0 aliphatic rings. The van der Waals surface area contributed by atoms with Gasteiger partial charge in [-0.2, -0.15) is 0 Å². The standard InChI is InChI=1S/C16H15ClFNO2/c1-2-8-21-13-5-3-4-11(9-13)16(20)19-12-6-7-15(18)14(17)10-12/h3-7,9-10H,2,8H2,1H3,(H,19,20). The molecule has 5 heteroatoms. The van der Waals surface area contributed by atoms with Crippen molar-refractivity contribution >= 4 is 23.2 Å².